The molecule has 0 aliphatic rings. The van der Waals surface area contributed by atoms with Crippen LogP contribution >= 0.6 is 0 Å². The molecular formula is C16H20N2O2. The number of rotatable bonds is 5. The van der Waals surface area contributed by atoms with Gasteiger partial charge in [-0.2, -0.15) is 0 Å². The number of ether oxygens (including phenoxy) is 1. The van der Waals surface area contributed by atoms with Crippen molar-refractivity contribution in [3.63, 3.8) is 0 Å². The fourth-order valence-electron chi connectivity index (χ4n) is 2.05. The van der Waals surface area contributed by atoms with Gasteiger partial charge in [0.2, 0.25) is 0 Å². The van der Waals surface area contributed by atoms with Crippen molar-refractivity contribution < 1.29 is 9.84 Å². The molecule has 2 rings (SSSR count). The van der Waals surface area contributed by atoms with E-state index in [1.807, 2.05) is 32.9 Å². The molecule has 2 aromatic heterocycles. The van der Waals surface area contributed by atoms with Crippen molar-refractivity contribution in [2.75, 3.05) is 6.61 Å². The van der Waals surface area contributed by atoms with Gasteiger partial charge in [0.15, 0.2) is 0 Å². The molecule has 0 aliphatic carbocycles. The molecule has 1 unspecified atom stereocenters. The molecule has 0 spiro atoms. The molecule has 0 aromatic carbocycles. The van der Waals surface area contributed by atoms with Crippen LogP contribution in [0, 0.1) is 13.8 Å². The Morgan fingerprint density at radius 1 is 1.20 bits per heavy atom. The van der Waals surface area contributed by atoms with Crippen molar-refractivity contribution in [2.45, 2.75) is 33.3 Å². The average Bonchev–Trinajstić information content (AvgIpc) is 2.45. The largest absolute Gasteiger partial charge is 0.492 e. The second-order valence-corrected chi connectivity index (χ2v) is 4.92. The third-order valence-electron chi connectivity index (χ3n) is 3.04. The van der Waals surface area contributed by atoms with E-state index in [1.165, 1.54) is 0 Å². The Morgan fingerprint density at radius 3 is 2.70 bits per heavy atom. The third-order valence-corrected chi connectivity index (χ3v) is 3.04. The quantitative estimate of drug-likeness (QED) is 0.909. The number of aromatic nitrogens is 2. The van der Waals surface area contributed by atoms with Crippen LogP contribution in [0.25, 0.3) is 0 Å². The summed E-state index contributed by atoms with van der Waals surface area (Å²) in [5.74, 6) is 0.674. The molecule has 4 heteroatoms. The second kappa shape index (κ2) is 6.48. The highest BCUT2D eigenvalue weighted by Crippen LogP contribution is 2.25. The fraction of sp³-hybridized carbons (Fsp3) is 0.375. The average molecular weight is 272 g/mol. The zero-order chi connectivity index (χ0) is 14.5. The monoisotopic (exact) mass is 272 g/mol. The molecule has 0 amide bonds. The molecule has 2 heterocycles. The van der Waals surface area contributed by atoms with Crippen molar-refractivity contribution in [1.29, 1.82) is 0 Å². The van der Waals surface area contributed by atoms with Crippen molar-refractivity contribution in [3.05, 3.63) is 53.1 Å². The Hall–Kier alpha value is -1.94. The van der Waals surface area contributed by atoms with Crippen LogP contribution in [-0.4, -0.2) is 21.7 Å². The zero-order valence-electron chi connectivity index (χ0n) is 12.1. The standard InChI is InChI=1S/C16H20N2O2/c1-4-5-20-14-7-13(9-17-10-14)16(19)15-12(3)6-11(2)8-18-15/h6-10,16,19H,4-5H2,1-3H3. The molecule has 1 atom stereocenters. The second-order valence-electron chi connectivity index (χ2n) is 4.92. The maximum Gasteiger partial charge on any atom is 0.137 e. The van der Waals surface area contributed by atoms with Crippen LogP contribution in [0.5, 0.6) is 5.75 Å². The lowest BCUT2D eigenvalue weighted by molar-refractivity contribution is 0.213. The Kier molecular flexibility index (Phi) is 4.69. The van der Waals surface area contributed by atoms with Gasteiger partial charge in [-0.05, 0) is 37.5 Å². The maximum absolute atomic E-state index is 10.5. The molecule has 0 fully saturated rings. The van der Waals surface area contributed by atoms with Crippen LogP contribution in [0.2, 0.25) is 0 Å². The highest BCUT2D eigenvalue weighted by Gasteiger charge is 2.15. The van der Waals surface area contributed by atoms with Gasteiger partial charge in [0, 0.05) is 18.0 Å². The summed E-state index contributed by atoms with van der Waals surface area (Å²) in [5.41, 5.74) is 3.40. The summed E-state index contributed by atoms with van der Waals surface area (Å²) in [5, 5.41) is 10.5. The number of hydrogen-bond acceptors (Lipinski definition) is 4. The summed E-state index contributed by atoms with van der Waals surface area (Å²) in [6.07, 6.45) is 5.21. The van der Waals surface area contributed by atoms with Gasteiger partial charge in [-0.25, -0.2) is 0 Å². The number of nitrogens with zero attached hydrogens (tertiary/aromatic N) is 2. The van der Waals surface area contributed by atoms with E-state index in [0.29, 0.717) is 23.6 Å². The lowest BCUT2D eigenvalue weighted by Crippen LogP contribution is -2.06. The van der Waals surface area contributed by atoms with E-state index in [9.17, 15) is 5.11 Å². The number of pyridine rings is 2. The number of aliphatic hydroxyl groups excluding tert-OH is 1. The summed E-state index contributed by atoms with van der Waals surface area (Å²) in [7, 11) is 0. The van der Waals surface area contributed by atoms with E-state index in [2.05, 4.69) is 9.97 Å². The molecule has 106 valence electrons. The minimum Gasteiger partial charge on any atom is -0.492 e. The number of hydrogen-bond donors (Lipinski definition) is 1. The first-order valence-corrected chi connectivity index (χ1v) is 6.80. The topological polar surface area (TPSA) is 55.2 Å². The van der Waals surface area contributed by atoms with Gasteiger partial charge >= 0.3 is 0 Å². The third kappa shape index (κ3) is 3.33. The van der Waals surface area contributed by atoms with Gasteiger partial charge in [0.05, 0.1) is 18.5 Å². The first-order chi connectivity index (χ1) is 9.61. The van der Waals surface area contributed by atoms with Gasteiger partial charge in [0.25, 0.3) is 0 Å². The van der Waals surface area contributed by atoms with Crippen LogP contribution < -0.4 is 4.74 Å². The molecule has 0 aliphatic heterocycles. The molecule has 2 aromatic rings. The van der Waals surface area contributed by atoms with Crippen LogP contribution in [0.1, 0.15) is 41.8 Å². The summed E-state index contributed by atoms with van der Waals surface area (Å²) in [4.78, 5) is 8.45. The van der Waals surface area contributed by atoms with Gasteiger partial charge in [-0.3, -0.25) is 9.97 Å². The summed E-state index contributed by atoms with van der Waals surface area (Å²) in [6, 6.07) is 3.82. The number of aryl methyl sites for hydroxylation is 2. The molecular weight excluding hydrogens is 252 g/mol. The van der Waals surface area contributed by atoms with Gasteiger partial charge in [-0.15, -0.1) is 0 Å². The normalized spacial score (nSPS) is 12.2. The van der Waals surface area contributed by atoms with Crippen molar-refractivity contribution in [2.24, 2.45) is 0 Å². The first kappa shape index (κ1) is 14.5. The van der Waals surface area contributed by atoms with Crippen LogP contribution in [-0.2, 0) is 0 Å². The van der Waals surface area contributed by atoms with Crippen LogP contribution in [0.4, 0.5) is 0 Å². The smallest absolute Gasteiger partial charge is 0.137 e. The summed E-state index contributed by atoms with van der Waals surface area (Å²) < 4.78 is 5.54. The Bertz CT molecular complexity index is 584. The fourth-order valence-corrected chi connectivity index (χ4v) is 2.05. The SMILES string of the molecule is CCCOc1cncc(C(O)c2ncc(C)cc2C)c1. The summed E-state index contributed by atoms with van der Waals surface area (Å²) >= 11 is 0. The predicted molar refractivity (Wildman–Crippen MR) is 77.8 cm³/mol. The highest BCUT2D eigenvalue weighted by atomic mass is 16.5. The minimum absolute atomic E-state index is 0.642. The summed E-state index contributed by atoms with van der Waals surface area (Å²) in [6.45, 7) is 6.62. The van der Waals surface area contributed by atoms with Crippen molar-refractivity contribution >= 4 is 0 Å². The van der Waals surface area contributed by atoms with E-state index in [4.69, 9.17) is 4.74 Å². The molecule has 4 nitrogen and oxygen atoms in total. The van der Waals surface area contributed by atoms with E-state index < -0.39 is 6.10 Å². The lowest BCUT2D eigenvalue weighted by Gasteiger charge is -2.14. The molecule has 20 heavy (non-hydrogen) atoms. The van der Waals surface area contributed by atoms with Crippen molar-refractivity contribution in [3.8, 4) is 5.75 Å². The van der Waals surface area contributed by atoms with Crippen molar-refractivity contribution in [1.82, 2.24) is 9.97 Å². The van der Waals surface area contributed by atoms with E-state index >= 15 is 0 Å². The van der Waals surface area contributed by atoms with Crippen LogP contribution in [0.15, 0.2) is 30.7 Å². The zero-order valence-corrected chi connectivity index (χ0v) is 12.1. The molecule has 0 saturated carbocycles. The predicted octanol–water partition coefficient (Wildman–Crippen LogP) is 2.96. The molecule has 0 saturated heterocycles. The first-order valence-electron chi connectivity index (χ1n) is 6.80. The van der Waals surface area contributed by atoms with Crippen LogP contribution in [0.3, 0.4) is 0 Å². The van der Waals surface area contributed by atoms with E-state index in [0.717, 1.165) is 17.5 Å². The Labute approximate surface area is 119 Å². The van der Waals surface area contributed by atoms with E-state index in [1.54, 1.807) is 18.6 Å². The Balaban J connectivity index is 2.26. The van der Waals surface area contributed by atoms with Gasteiger partial charge in [-0.1, -0.05) is 13.0 Å². The molecule has 1 N–H and O–H groups in total. The molecule has 0 bridgehead atoms. The lowest BCUT2D eigenvalue weighted by atomic mass is 10.0. The van der Waals surface area contributed by atoms with Gasteiger partial charge in [0.1, 0.15) is 11.9 Å². The molecule has 0 radical (unpaired) electrons. The Morgan fingerprint density at radius 2 is 2.00 bits per heavy atom. The minimum atomic E-state index is -0.784. The van der Waals surface area contributed by atoms with E-state index in [-0.39, 0.29) is 0 Å². The highest BCUT2D eigenvalue weighted by molar-refractivity contribution is 5.34. The maximum atomic E-state index is 10.5. The van der Waals surface area contributed by atoms with Gasteiger partial charge < -0.3 is 9.84 Å². The number of aliphatic hydroxyl groups is 1.